The highest BCUT2D eigenvalue weighted by molar-refractivity contribution is 6.30. The van der Waals surface area contributed by atoms with E-state index < -0.39 is 0 Å². The average molecular weight is 525 g/mol. The van der Waals surface area contributed by atoms with Gasteiger partial charge in [-0.05, 0) is 49.7 Å². The van der Waals surface area contributed by atoms with E-state index in [4.69, 9.17) is 21.3 Å². The number of aryl methyl sites for hydroxylation is 1. The van der Waals surface area contributed by atoms with Crippen LogP contribution in [0.2, 0.25) is 5.02 Å². The molecule has 3 rings (SSSR count). The molecule has 37 heavy (non-hydrogen) atoms. The fraction of sp³-hybridized carbons (Fsp3) is 0.606. The van der Waals surface area contributed by atoms with E-state index >= 15 is 0 Å². The van der Waals surface area contributed by atoms with Gasteiger partial charge in [0, 0.05) is 11.6 Å². The number of benzene rings is 2. The van der Waals surface area contributed by atoms with Gasteiger partial charge in [-0.25, -0.2) is 4.98 Å². The number of unbranched alkanes of at least 4 members (excludes halogenated alkanes) is 15. The summed E-state index contributed by atoms with van der Waals surface area (Å²) >= 11 is 6.03. The molecule has 204 valence electrons. The fourth-order valence-electron chi connectivity index (χ4n) is 5.23. The first kappa shape index (κ1) is 29.6. The van der Waals surface area contributed by atoms with Crippen LogP contribution in [0.25, 0.3) is 11.0 Å². The molecule has 4 heteroatoms. The Morgan fingerprint density at radius 1 is 0.703 bits per heavy atom. The van der Waals surface area contributed by atoms with Gasteiger partial charge in [-0.15, -0.1) is 0 Å². The minimum absolute atomic E-state index is 0.130. The van der Waals surface area contributed by atoms with Gasteiger partial charge in [0.15, 0.2) is 11.9 Å². The monoisotopic (exact) mass is 524 g/mol. The van der Waals surface area contributed by atoms with Gasteiger partial charge >= 0.3 is 0 Å². The first-order valence-corrected chi connectivity index (χ1v) is 15.4. The van der Waals surface area contributed by atoms with Crippen molar-refractivity contribution in [2.75, 3.05) is 0 Å². The van der Waals surface area contributed by atoms with Crippen LogP contribution in [-0.4, -0.2) is 9.55 Å². The van der Waals surface area contributed by atoms with Crippen LogP contribution in [0.3, 0.4) is 0 Å². The van der Waals surface area contributed by atoms with Crippen molar-refractivity contribution in [2.24, 2.45) is 0 Å². The molecule has 3 nitrogen and oxygen atoms in total. The first-order chi connectivity index (χ1) is 18.2. The molecule has 1 unspecified atom stereocenters. The highest BCUT2D eigenvalue weighted by Gasteiger charge is 2.18. The Hall–Kier alpha value is -2.00. The molecule has 0 bridgehead atoms. The second-order valence-electron chi connectivity index (χ2n) is 10.6. The summed E-state index contributed by atoms with van der Waals surface area (Å²) in [6.07, 6.45) is 22.1. The van der Waals surface area contributed by atoms with Crippen LogP contribution >= 0.6 is 11.6 Å². The number of imidazole rings is 1. The second-order valence-corrected chi connectivity index (χ2v) is 11.1. The zero-order chi connectivity index (χ0) is 26.1. The van der Waals surface area contributed by atoms with Gasteiger partial charge in [-0.2, -0.15) is 0 Å². The molecular formula is C33H49ClN2O. The molecule has 0 aliphatic heterocycles. The fourth-order valence-corrected chi connectivity index (χ4v) is 5.35. The van der Waals surface area contributed by atoms with E-state index in [2.05, 4.69) is 42.7 Å². The lowest BCUT2D eigenvalue weighted by Crippen LogP contribution is -2.12. The summed E-state index contributed by atoms with van der Waals surface area (Å²) in [4.78, 5) is 4.93. The highest BCUT2D eigenvalue weighted by atomic mass is 35.5. The summed E-state index contributed by atoms with van der Waals surface area (Å²) in [6.45, 7) is 5.36. The number of hydrogen-bond donors (Lipinski definition) is 0. The van der Waals surface area contributed by atoms with Gasteiger partial charge in [0.2, 0.25) is 0 Å². The molecule has 0 amide bonds. The topological polar surface area (TPSA) is 27.1 Å². The number of hydrogen-bond acceptors (Lipinski definition) is 2. The van der Waals surface area contributed by atoms with E-state index in [9.17, 15) is 0 Å². The third kappa shape index (κ3) is 10.7. The maximum absolute atomic E-state index is 6.22. The lowest BCUT2D eigenvalue weighted by atomic mass is 10.0. The van der Waals surface area contributed by atoms with Crippen molar-refractivity contribution >= 4 is 22.6 Å². The van der Waals surface area contributed by atoms with Crippen molar-refractivity contribution < 1.29 is 4.74 Å². The van der Waals surface area contributed by atoms with Crippen molar-refractivity contribution in [3.63, 3.8) is 0 Å². The SMILES string of the molecule is CCCCCCCCCCCCCCCCCCn1c(C(C)Oc2ccc(Cl)cc2)nc2ccccc21. The maximum Gasteiger partial charge on any atom is 0.153 e. The molecule has 0 fully saturated rings. The van der Waals surface area contributed by atoms with Gasteiger partial charge in [0.1, 0.15) is 5.75 Å². The van der Waals surface area contributed by atoms with E-state index in [1.54, 1.807) is 0 Å². The number of rotatable bonds is 20. The van der Waals surface area contributed by atoms with E-state index in [1.165, 1.54) is 108 Å². The Bertz CT molecular complexity index is 997. The minimum atomic E-state index is -0.130. The second kappa shape index (κ2) is 17.5. The van der Waals surface area contributed by atoms with Gasteiger partial charge < -0.3 is 9.30 Å². The molecule has 1 aromatic heterocycles. The van der Waals surface area contributed by atoms with Crippen molar-refractivity contribution in [1.29, 1.82) is 0 Å². The smallest absolute Gasteiger partial charge is 0.153 e. The average Bonchev–Trinajstić information content (AvgIpc) is 3.28. The summed E-state index contributed by atoms with van der Waals surface area (Å²) in [5.41, 5.74) is 2.24. The Morgan fingerprint density at radius 3 is 1.78 bits per heavy atom. The van der Waals surface area contributed by atoms with Crippen LogP contribution in [-0.2, 0) is 6.54 Å². The van der Waals surface area contributed by atoms with Crippen LogP contribution in [0, 0.1) is 0 Å². The van der Waals surface area contributed by atoms with Crippen LogP contribution < -0.4 is 4.74 Å². The van der Waals surface area contributed by atoms with E-state index in [1.807, 2.05) is 24.3 Å². The third-order valence-electron chi connectivity index (χ3n) is 7.41. The number of para-hydroxylation sites is 2. The van der Waals surface area contributed by atoms with E-state index in [0.717, 1.165) is 28.7 Å². The largest absolute Gasteiger partial charge is 0.483 e. The molecule has 1 heterocycles. The third-order valence-corrected chi connectivity index (χ3v) is 7.66. The van der Waals surface area contributed by atoms with Crippen LogP contribution in [0.5, 0.6) is 5.75 Å². The molecule has 1 atom stereocenters. The van der Waals surface area contributed by atoms with Crippen molar-refractivity contribution in [3.05, 3.63) is 59.4 Å². The lowest BCUT2D eigenvalue weighted by Gasteiger charge is -2.17. The number of halogens is 1. The minimum Gasteiger partial charge on any atom is -0.483 e. The molecule has 2 aromatic carbocycles. The number of aromatic nitrogens is 2. The number of fused-ring (bicyclic) bond motifs is 1. The standard InChI is InChI=1S/C33H49ClN2O/c1-3-4-5-6-7-8-9-10-11-12-13-14-15-16-17-20-27-36-32-22-19-18-21-31(32)35-33(36)28(2)37-30-25-23-29(34)24-26-30/h18-19,21-26,28H,3-17,20,27H2,1-2H3. The van der Waals surface area contributed by atoms with Gasteiger partial charge in [0.25, 0.3) is 0 Å². The Labute approximate surface area is 231 Å². The molecule has 3 aromatic rings. The number of nitrogens with zero attached hydrogens (tertiary/aromatic N) is 2. The van der Waals surface area contributed by atoms with Gasteiger partial charge in [-0.3, -0.25) is 0 Å². The molecule has 0 radical (unpaired) electrons. The van der Waals surface area contributed by atoms with Gasteiger partial charge in [0.05, 0.1) is 11.0 Å². The maximum atomic E-state index is 6.22. The zero-order valence-electron chi connectivity index (χ0n) is 23.4. The first-order valence-electron chi connectivity index (χ1n) is 15.1. The summed E-state index contributed by atoms with van der Waals surface area (Å²) in [5, 5.41) is 0.718. The van der Waals surface area contributed by atoms with Crippen molar-refractivity contribution in [3.8, 4) is 5.75 Å². The van der Waals surface area contributed by atoms with Crippen molar-refractivity contribution in [1.82, 2.24) is 9.55 Å². The number of ether oxygens (including phenoxy) is 1. The molecule has 0 aliphatic carbocycles. The lowest BCUT2D eigenvalue weighted by molar-refractivity contribution is 0.211. The molecule has 0 spiro atoms. The zero-order valence-corrected chi connectivity index (χ0v) is 24.2. The summed E-state index contributed by atoms with van der Waals surface area (Å²) in [5.74, 6) is 1.81. The Kier molecular flexibility index (Phi) is 14.0. The normalized spacial score (nSPS) is 12.3. The summed E-state index contributed by atoms with van der Waals surface area (Å²) in [7, 11) is 0. The predicted molar refractivity (Wildman–Crippen MR) is 160 cm³/mol. The molecule has 0 N–H and O–H groups in total. The molecular weight excluding hydrogens is 476 g/mol. The van der Waals surface area contributed by atoms with E-state index in [0.29, 0.717) is 0 Å². The van der Waals surface area contributed by atoms with Gasteiger partial charge in [-0.1, -0.05) is 127 Å². The van der Waals surface area contributed by atoms with Crippen molar-refractivity contribution in [2.45, 2.75) is 129 Å². The van der Waals surface area contributed by atoms with Crippen LogP contribution in [0.15, 0.2) is 48.5 Å². The highest BCUT2D eigenvalue weighted by Crippen LogP contribution is 2.27. The Balaban J connectivity index is 1.31. The summed E-state index contributed by atoms with van der Waals surface area (Å²) in [6, 6.07) is 16.0. The summed E-state index contributed by atoms with van der Waals surface area (Å²) < 4.78 is 8.58. The van der Waals surface area contributed by atoms with E-state index in [-0.39, 0.29) is 6.10 Å². The molecule has 0 saturated heterocycles. The van der Waals surface area contributed by atoms with Crippen LogP contribution in [0.4, 0.5) is 0 Å². The Morgan fingerprint density at radius 2 is 1.22 bits per heavy atom. The van der Waals surface area contributed by atoms with Crippen LogP contribution in [0.1, 0.15) is 129 Å². The molecule has 0 saturated carbocycles. The quantitative estimate of drug-likeness (QED) is 0.137. The molecule has 0 aliphatic rings. The predicted octanol–water partition coefficient (Wildman–Crippen LogP) is 11.1.